The van der Waals surface area contributed by atoms with E-state index in [9.17, 15) is 8.42 Å². The van der Waals surface area contributed by atoms with Crippen LogP contribution in [0.4, 0.5) is 5.82 Å². The lowest BCUT2D eigenvalue weighted by Crippen LogP contribution is -2.25. The van der Waals surface area contributed by atoms with Gasteiger partial charge in [0.05, 0.1) is 23.2 Å². The fourth-order valence-electron chi connectivity index (χ4n) is 4.35. The maximum absolute atomic E-state index is 12.6. The number of hydrogen-bond acceptors (Lipinski definition) is 5. The summed E-state index contributed by atoms with van der Waals surface area (Å²) in [5, 5.41) is -0.314. The highest BCUT2D eigenvalue weighted by Crippen LogP contribution is 2.33. The molecule has 5 rings (SSSR count). The molecule has 3 aromatic rings. The molecule has 1 saturated carbocycles. The standard InChI is InChI=1S/C18H23N5O3S/c24-27(25,13-3-1-2-4-13)22-15-11-23-16(21-15)10-20-18-17(23)14(9-19-18)12-5-7-26-8-6-12/h9-13,19,22H,1-8H2. The van der Waals surface area contributed by atoms with E-state index >= 15 is 0 Å². The topological polar surface area (TPSA) is 101 Å². The molecule has 1 aliphatic carbocycles. The van der Waals surface area contributed by atoms with E-state index in [-0.39, 0.29) is 5.25 Å². The van der Waals surface area contributed by atoms with Crippen LogP contribution < -0.4 is 4.72 Å². The first-order valence-corrected chi connectivity index (χ1v) is 11.1. The zero-order valence-electron chi connectivity index (χ0n) is 15.0. The van der Waals surface area contributed by atoms with Crippen molar-refractivity contribution < 1.29 is 13.2 Å². The predicted molar refractivity (Wildman–Crippen MR) is 102 cm³/mol. The molecule has 0 bridgehead atoms. The summed E-state index contributed by atoms with van der Waals surface area (Å²) in [6.45, 7) is 1.52. The monoisotopic (exact) mass is 389 g/mol. The van der Waals surface area contributed by atoms with Crippen molar-refractivity contribution in [2.45, 2.75) is 49.7 Å². The summed E-state index contributed by atoms with van der Waals surface area (Å²) >= 11 is 0. The molecule has 1 aliphatic heterocycles. The van der Waals surface area contributed by atoms with Crippen LogP contribution >= 0.6 is 0 Å². The number of anilines is 1. The largest absolute Gasteiger partial charge is 0.381 e. The Labute approximate surface area is 157 Å². The average molecular weight is 389 g/mol. The lowest BCUT2D eigenvalue weighted by atomic mass is 9.93. The Morgan fingerprint density at radius 1 is 1.19 bits per heavy atom. The molecule has 27 heavy (non-hydrogen) atoms. The smallest absolute Gasteiger partial charge is 0.236 e. The van der Waals surface area contributed by atoms with Crippen LogP contribution in [0.15, 0.2) is 18.6 Å². The number of fused-ring (bicyclic) bond motifs is 3. The molecule has 3 aromatic heterocycles. The molecule has 2 fully saturated rings. The highest BCUT2D eigenvalue weighted by Gasteiger charge is 2.29. The van der Waals surface area contributed by atoms with E-state index in [2.05, 4.69) is 19.7 Å². The first-order valence-electron chi connectivity index (χ1n) is 9.56. The Morgan fingerprint density at radius 3 is 2.74 bits per heavy atom. The molecule has 0 unspecified atom stereocenters. The van der Waals surface area contributed by atoms with Gasteiger partial charge in [-0.2, -0.15) is 0 Å². The van der Waals surface area contributed by atoms with Crippen molar-refractivity contribution in [3.05, 3.63) is 24.2 Å². The fourth-order valence-corrected chi connectivity index (χ4v) is 5.87. The Morgan fingerprint density at radius 2 is 1.96 bits per heavy atom. The first kappa shape index (κ1) is 17.0. The number of H-pyrrole nitrogens is 1. The van der Waals surface area contributed by atoms with Crippen LogP contribution in [0.1, 0.15) is 50.0 Å². The Hall–Kier alpha value is -2.13. The van der Waals surface area contributed by atoms with Crippen molar-refractivity contribution >= 4 is 32.7 Å². The predicted octanol–water partition coefficient (Wildman–Crippen LogP) is 2.79. The quantitative estimate of drug-likeness (QED) is 0.714. The number of sulfonamides is 1. The van der Waals surface area contributed by atoms with Gasteiger partial charge in [0.25, 0.3) is 0 Å². The lowest BCUT2D eigenvalue weighted by Gasteiger charge is -2.21. The highest BCUT2D eigenvalue weighted by molar-refractivity contribution is 7.93. The molecule has 4 heterocycles. The number of imidazole rings is 1. The molecule has 9 heteroatoms. The third-order valence-electron chi connectivity index (χ3n) is 5.79. The summed E-state index contributed by atoms with van der Waals surface area (Å²) in [5.41, 5.74) is 3.58. The molecule has 8 nitrogen and oxygen atoms in total. The van der Waals surface area contributed by atoms with E-state index in [1.165, 1.54) is 5.56 Å². The molecule has 0 aromatic carbocycles. The maximum Gasteiger partial charge on any atom is 0.236 e. The van der Waals surface area contributed by atoms with Gasteiger partial charge in [-0.3, -0.25) is 9.12 Å². The molecule has 2 N–H and O–H groups in total. The molecular formula is C18H23N5O3S. The third-order valence-corrected chi connectivity index (χ3v) is 7.64. The minimum absolute atomic E-state index is 0.314. The van der Waals surface area contributed by atoms with Crippen LogP contribution in [0.3, 0.4) is 0 Å². The van der Waals surface area contributed by atoms with Crippen LogP contribution in [0.2, 0.25) is 0 Å². The van der Waals surface area contributed by atoms with E-state index in [1.807, 2.05) is 10.6 Å². The minimum Gasteiger partial charge on any atom is -0.381 e. The average Bonchev–Trinajstić information content (AvgIpc) is 3.40. The molecule has 0 spiro atoms. The van der Waals surface area contributed by atoms with Crippen LogP contribution in [0, 0.1) is 0 Å². The van der Waals surface area contributed by atoms with E-state index < -0.39 is 10.0 Å². The third kappa shape index (κ3) is 2.98. The molecule has 0 radical (unpaired) electrons. The van der Waals surface area contributed by atoms with Gasteiger partial charge in [0.15, 0.2) is 17.1 Å². The summed E-state index contributed by atoms with van der Waals surface area (Å²) in [7, 11) is -3.40. The van der Waals surface area contributed by atoms with E-state index in [0.29, 0.717) is 17.4 Å². The van der Waals surface area contributed by atoms with Crippen molar-refractivity contribution in [2.24, 2.45) is 0 Å². The van der Waals surface area contributed by atoms with Crippen molar-refractivity contribution in [1.29, 1.82) is 0 Å². The van der Waals surface area contributed by atoms with Crippen molar-refractivity contribution in [3.63, 3.8) is 0 Å². The Bertz CT molecular complexity index is 1080. The van der Waals surface area contributed by atoms with Gasteiger partial charge in [-0.05, 0) is 37.2 Å². The van der Waals surface area contributed by atoms with Gasteiger partial charge in [-0.15, -0.1) is 0 Å². The van der Waals surface area contributed by atoms with E-state index in [0.717, 1.165) is 62.9 Å². The van der Waals surface area contributed by atoms with Crippen molar-refractivity contribution in [3.8, 4) is 0 Å². The van der Waals surface area contributed by atoms with E-state index in [1.54, 1.807) is 12.4 Å². The maximum atomic E-state index is 12.6. The normalized spacial score (nSPS) is 20.0. The van der Waals surface area contributed by atoms with Crippen LogP contribution in [-0.2, 0) is 14.8 Å². The van der Waals surface area contributed by atoms with Crippen molar-refractivity contribution in [2.75, 3.05) is 17.9 Å². The number of nitrogens with zero attached hydrogens (tertiary/aromatic N) is 3. The molecule has 0 atom stereocenters. The lowest BCUT2D eigenvalue weighted by molar-refractivity contribution is 0.0856. The summed E-state index contributed by atoms with van der Waals surface area (Å²) in [6, 6.07) is 0. The van der Waals surface area contributed by atoms with Crippen LogP contribution in [-0.4, -0.2) is 46.2 Å². The summed E-state index contributed by atoms with van der Waals surface area (Å²) < 4.78 is 35.3. The van der Waals surface area contributed by atoms with Gasteiger partial charge in [0, 0.05) is 19.4 Å². The Kier molecular flexibility index (Phi) is 4.08. The van der Waals surface area contributed by atoms with Gasteiger partial charge in [-0.25, -0.2) is 18.4 Å². The Balaban J connectivity index is 1.54. The molecule has 0 amide bonds. The molecular weight excluding hydrogens is 366 g/mol. The van der Waals surface area contributed by atoms with E-state index in [4.69, 9.17) is 4.74 Å². The first-order chi connectivity index (χ1) is 13.1. The number of rotatable bonds is 4. The summed E-state index contributed by atoms with van der Waals surface area (Å²) in [4.78, 5) is 12.2. The van der Waals surface area contributed by atoms with Crippen LogP contribution in [0.25, 0.3) is 16.8 Å². The number of ether oxygens (including phenoxy) is 1. The molecule has 144 valence electrons. The van der Waals surface area contributed by atoms with Gasteiger partial charge in [-0.1, -0.05) is 12.8 Å². The number of hydrogen-bond donors (Lipinski definition) is 2. The number of nitrogens with one attached hydrogen (secondary N) is 2. The second-order valence-electron chi connectivity index (χ2n) is 7.49. The number of aromatic nitrogens is 4. The fraction of sp³-hybridized carbons (Fsp3) is 0.556. The van der Waals surface area contributed by atoms with Crippen LogP contribution in [0.5, 0.6) is 0 Å². The number of aromatic amines is 1. The van der Waals surface area contributed by atoms with Gasteiger partial charge >= 0.3 is 0 Å². The zero-order valence-corrected chi connectivity index (χ0v) is 15.8. The minimum atomic E-state index is -3.40. The highest BCUT2D eigenvalue weighted by atomic mass is 32.2. The summed E-state index contributed by atoms with van der Waals surface area (Å²) in [5.74, 6) is 0.760. The van der Waals surface area contributed by atoms with Crippen molar-refractivity contribution in [1.82, 2.24) is 19.4 Å². The second-order valence-corrected chi connectivity index (χ2v) is 9.45. The molecule has 2 aliphatic rings. The molecule has 1 saturated heterocycles. The second kappa shape index (κ2) is 6.49. The SMILES string of the molecule is O=S(=O)(Nc1cn2c(cnc3[nH]cc(C4CCOCC4)c32)n1)C1CCCC1. The summed E-state index contributed by atoms with van der Waals surface area (Å²) in [6.07, 6.45) is 10.8. The zero-order chi connectivity index (χ0) is 18.4. The van der Waals surface area contributed by atoms with Gasteiger partial charge in [0.2, 0.25) is 10.0 Å². The van der Waals surface area contributed by atoms with Gasteiger partial charge < -0.3 is 9.72 Å². The van der Waals surface area contributed by atoms with Gasteiger partial charge in [0.1, 0.15) is 0 Å².